The molecule has 2 aromatic carbocycles. The quantitative estimate of drug-likeness (QED) is 0.00845. The maximum absolute atomic E-state index is 14.9. The zero-order valence-electron chi connectivity index (χ0n) is 65.5. The molecule has 48 heteroatoms. The van der Waals surface area contributed by atoms with Gasteiger partial charge in [-0.3, -0.25) is 71.8 Å². The predicted molar refractivity (Wildman–Crippen MR) is 396 cm³/mol. The van der Waals surface area contributed by atoms with Gasteiger partial charge in [-0.1, -0.05) is 74.8 Å². The van der Waals surface area contributed by atoms with Crippen molar-refractivity contribution in [3.8, 4) is 11.3 Å². The summed E-state index contributed by atoms with van der Waals surface area (Å²) >= 11 is 6.19. The van der Waals surface area contributed by atoms with E-state index in [1.165, 1.54) is 18.3 Å². The number of amides is 8. The summed E-state index contributed by atoms with van der Waals surface area (Å²) in [7, 11) is -8.63. The maximum atomic E-state index is 14.9. The van der Waals surface area contributed by atoms with Crippen molar-refractivity contribution in [2.75, 3.05) is 57.6 Å². The molecule has 1 aliphatic heterocycles. The van der Waals surface area contributed by atoms with Gasteiger partial charge in [0.25, 0.3) is 0 Å². The summed E-state index contributed by atoms with van der Waals surface area (Å²) < 4.78 is 120. The Balaban J connectivity index is -0.00000995. The van der Waals surface area contributed by atoms with Crippen LogP contribution >= 0.6 is 11.6 Å². The normalized spacial score (nSPS) is 19.3. The summed E-state index contributed by atoms with van der Waals surface area (Å²) in [4.78, 5) is 164. The Morgan fingerprint density at radius 3 is 1.69 bits per heavy atom. The first-order valence-corrected chi connectivity index (χ1v) is 40.3. The van der Waals surface area contributed by atoms with Gasteiger partial charge in [0, 0.05) is 60.0 Å². The molecule has 620 valence electrons. The molecule has 1 aromatic heterocycles. The van der Waals surface area contributed by atoms with E-state index in [9.17, 15) is 88.9 Å². The molecule has 0 saturated carbocycles. The number of pyridine rings is 1. The topological polar surface area (TPSA) is 614 Å². The van der Waals surface area contributed by atoms with Crippen molar-refractivity contribution in [1.82, 2.24) is 74.1 Å². The summed E-state index contributed by atoms with van der Waals surface area (Å²) in [6.45, 7) is 6.52. The number of aliphatic hydroxyl groups is 2. The van der Waals surface area contributed by atoms with Crippen LogP contribution in [0.2, 0.25) is 5.02 Å². The van der Waals surface area contributed by atoms with Gasteiger partial charge in [-0.15, -0.1) is 25.3 Å². The Morgan fingerprint density at radius 2 is 1.17 bits per heavy atom. The number of aromatic nitrogens is 1. The minimum atomic E-state index is -4.83. The fourth-order valence-corrected chi connectivity index (χ4v) is 12.1. The molecule has 8 amide bonds. The van der Waals surface area contributed by atoms with Crippen LogP contribution in [0.15, 0.2) is 72.9 Å². The summed E-state index contributed by atoms with van der Waals surface area (Å²) in [5.74, 6) is -16.5. The number of nitrogens with zero attached hydrogens (tertiary/aromatic N) is 1. The largest absolute Gasteiger partial charge is 1.00 e. The number of carbonyl (C=O) groups is 11. The number of halogens is 1. The number of rotatable bonds is 36. The standard InChI is InChI=1S/C67H99ClN14O19S2.4Na.2O3S/c1-8-71-25-20-50-63(91)79-51(21-26-73-38-103(99,100)101)66(94)82-59(41(5)84)67(95)75-28-22-52(64(92)78-49(19-23-69-6)65(93)80-54(30-42-13-10-9-11-14-42)56(86)34-46(29-39(2)3)61(89)76-50)77-62(90)47(36-70-7)35-57(87)58(40(4)83)81-60(88)45(17-24-72-37-102(96,97)98)33-55(85)44-18-27-74-53(32-44)43-15-12-16-48(68)31-43;;;;;2*1-4(2)3/h9-16,18,27,31-32,39-41,45-47,49-52,54,58-59,69-73,83-84H,6-8,17,19-26,28-30,33-38H2,1-5H3,(H,75,95)(H,76,89)(H,77,90)(H,78,92)(H,79,91)(H,80,93)(H,81,88)(H,82,94)(H,96,97,98)(H,99,100,101);;;;;;/q-2;4*+1;;/p-2/t40-,41-,45-,46-,47-,49+,50+,51+,52+,54-,58+,59+;;;;;;/m1....../s1. The van der Waals surface area contributed by atoms with Crippen LogP contribution in [0, 0.1) is 37.8 Å². The van der Waals surface area contributed by atoms with Gasteiger partial charge in [0.2, 0.25) is 47.3 Å². The minimum Gasteiger partial charge on any atom is -0.747 e. The molecule has 12 atom stereocenters. The van der Waals surface area contributed by atoms with E-state index in [-0.39, 0.29) is 181 Å². The number of nitrogens with one attached hydrogen (secondary N) is 13. The number of aliphatic hydroxyl groups excluding tert-OH is 2. The van der Waals surface area contributed by atoms with Gasteiger partial charge < -0.3 is 88.4 Å². The van der Waals surface area contributed by atoms with E-state index in [4.69, 9.17) is 36.9 Å². The van der Waals surface area contributed by atoms with Crippen LogP contribution in [0.4, 0.5) is 0 Å². The van der Waals surface area contributed by atoms with Crippen LogP contribution in [0.25, 0.3) is 11.3 Å². The van der Waals surface area contributed by atoms with Crippen LogP contribution in [0.3, 0.4) is 0 Å². The van der Waals surface area contributed by atoms with E-state index >= 15 is 0 Å². The molecule has 39 nitrogen and oxygen atoms in total. The molecule has 15 N–H and O–H groups in total. The summed E-state index contributed by atoms with van der Waals surface area (Å²) in [6, 6.07) is 6.60. The van der Waals surface area contributed by atoms with Crippen LogP contribution in [-0.4, -0.2) is 243 Å². The van der Waals surface area contributed by atoms with Gasteiger partial charge in [0.15, 0.2) is 17.3 Å². The van der Waals surface area contributed by atoms with Crippen LogP contribution in [0.5, 0.6) is 0 Å². The third kappa shape index (κ3) is 48.5. The third-order valence-electron chi connectivity index (χ3n) is 16.5. The molecule has 0 spiro atoms. The molecule has 3 aromatic rings. The molecule has 1 saturated heterocycles. The molecule has 0 unspecified atom stereocenters. The Labute approximate surface area is 765 Å². The molecule has 0 bridgehead atoms. The molecule has 0 aliphatic carbocycles. The smallest absolute Gasteiger partial charge is 0.747 e. The van der Waals surface area contributed by atoms with Gasteiger partial charge in [0.05, 0.1) is 41.6 Å². The molecule has 1 aliphatic rings. The van der Waals surface area contributed by atoms with Crippen molar-refractivity contribution in [2.45, 2.75) is 153 Å². The van der Waals surface area contributed by atoms with Gasteiger partial charge in [-0.05, 0) is 134 Å². The number of Topliss-reactive ketones (excluding diaryl/α,β-unsaturated/α-hetero) is 3. The van der Waals surface area contributed by atoms with E-state index in [0.717, 1.165) is 13.8 Å². The van der Waals surface area contributed by atoms with E-state index in [1.807, 2.05) is 0 Å². The van der Waals surface area contributed by atoms with Crippen molar-refractivity contribution < 1.29 is 232 Å². The van der Waals surface area contributed by atoms with Gasteiger partial charge in [0.1, 0.15) is 56.5 Å². The molecular weight excluding hydrogens is 1660 g/mol. The fraction of sp³-hybridized carbons (Fsp3) is 0.552. The molecule has 0 radical (unpaired) electrons. The summed E-state index contributed by atoms with van der Waals surface area (Å²) in [5, 5.41) is 56.0. The Kier molecular flexibility index (Phi) is 60.6. The second-order valence-electron chi connectivity index (χ2n) is 25.9. The average Bonchev–Trinajstić information content (AvgIpc) is 1.14. The SMILES string of the molecule is O=S(=O)=O.O=S(=O)=O.[CH2-]NCC[C@@H]1NC(=O)[C@@H](NC(=O)[C@@H](CN[CH2-])CC(=O)[C@@H](NC(=O)[C@H](CCNCS(=O)(=O)[O-])CC(=O)c2ccnc(-c3cccc(Cl)c3)c2)[C@@H](C)O)CCNC(=O)[C@H]([C@@H](C)O)NC(=O)[C@H](CCNCS(=O)(=O)[O-])NC(=O)[C@H](CCNCC)NC(=O)[C@H](CC(C)C)CC(=O)[C@@H](Cc2ccccc2)NC1=O.[Na+].[Na+].[Na+].[Na+]. The zero-order chi connectivity index (χ0) is 83.7. The molecular formula is C67H97ClN14Na4O25S4. The molecule has 1 fully saturated rings. The summed E-state index contributed by atoms with van der Waals surface area (Å²) in [6.07, 6.45) is -5.48. The van der Waals surface area contributed by atoms with Crippen LogP contribution in [0.1, 0.15) is 108 Å². The number of carbonyl (C=O) groups excluding carboxylic acids is 11. The van der Waals surface area contributed by atoms with E-state index < -0.39 is 242 Å². The van der Waals surface area contributed by atoms with Crippen LogP contribution < -0.4 is 187 Å². The van der Waals surface area contributed by atoms with Gasteiger partial charge in [-0.25, -0.2) is 16.8 Å². The van der Waals surface area contributed by atoms with Crippen LogP contribution in [-0.2, 0) is 95.8 Å². The van der Waals surface area contributed by atoms with Crippen molar-refractivity contribution in [3.05, 3.63) is 103 Å². The second kappa shape index (κ2) is 60.8. The Morgan fingerprint density at radius 1 is 0.635 bits per heavy atom. The van der Waals surface area contributed by atoms with Gasteiger partial charge in [-0.2, -0.15) is 0 Å². The molecule has 115 heavy (non-hydrogen) atoms. The number of benzene rings is 2. The monoisotopic (exact) mass is 1750 g/mol. The van der Waals surface area contributed by atoms with E-state index in [1.54, 1.807) is 75.4 Å². The second-order valence-corrected chi connectivity index (χ2v) is 30.0. The average molecular weight is 1750 g/mol. The first kappa shape index (κ1) is 115. The molecule has 4 rings (SSSR count). The Hall–Kier alpha value is -4.57. The number of ketones is 3. The first-order valence-electron chi connectivity index (χ1n) is 34.7. The van der Waals surface area contributed by atoms with E-state index in [0.29, 0.717) is 28.4 Å². The first-order chi connectivity index (χ1) is 52.1. The maximum Gasteiger partial charge on any atom is 1.00 e. The van der Waals surface area contributed by atoms with Gasteiger partial charge >= 0.3 is 139 Å². The predicted octanol–water partition coefficient (Wildman–Crippen LogP) is -16.2. The molecule has 2 heterocycles. The summed E-state index contributed by atoms with van der Waals surface area (Å²) in [5.41, 5.74) is 1.59. The van der Waals surface area contributed by atoms with E-state index in [2.05, 4.69) is 88.2 Å². The number of hydrogen-bond donors (Lipinski definition) is 15. The van der Waals surface area contributed by atoms with Crippen molar-refractivity contribution in [2.24, 2.45) is 23.7 Å². The fourth-order valence-electron chi connectivity index (χ4n) is 11.1. The number of hydrogen-bond acceptors (Lipinski definition) is 31. The minimum absolute atomic E-state index is 0. The van der Waals surface area contributed by atoms with Crippen molar-refractivity contribution in [3.63, 3.8) is 0 Å². The van der Waals surface area contributed by atoms with Crippen molar-refractivity contribution in [1.29, 1.82) is 0 Å². The zero-order valence-corrected chi connectivity index (χ0v) is 77.5. The Bertz CT molecular complexity index is 4060. The van der Waals surface area contributed by atoms with Crippen molar-refractivity contribution >= 4 is 118 Å². The third-order valence-corrected chi connectivity index (χ3v) is 17.9.